The van der Waals surface area contributed by atoms with Gasteiger partial charge < -0.3 is 10.2 Å². The number of furan rings is 1. The van der Waals surface area contributed by atoms with Gasteiger partial charge in [-0.2, -0.15) is 0 Å². The van der Waals surface area contributed by atoms with Gasteiger partial charge in [0.15, 0.2) is 0 Å². The van der Waals surface area contributed by atoms with Gasteiger partial charge in [0.05, 0.1) is 6.04 Å². The summed E-state index contributed by atoms with van der Waals surface area (Å²) in [5.41, 5.74) is 7.13. The number of benzene rings is 2. The van der Waals surface area contributed by atoms with Crippen molar-refractivity contribution in [3.8, 4) is 0 Å². The molecule has 0 radical (unpaired) electrons. The Morgan fingerprint density at radius 3 is 2.71 bits per heavy atom. The van der Waals surface area contributed by atoms with Crippen molar-refractivity contribution in [2.45, 2.75) is 6.04 Å². The summed E-state index contributed by atoms with van der Waals surface area (Å²) in [6, 6.07) is 16.2. The summed E-state index contributed by atoms with van der Waals surface area (Å²) in [5, 5.41) is 2.04. The molecule has 0 fully saturated rings. The molecule has 0 bridgehead atoms. The molecule has 4 rings (SSSR count). The van der Waals surface area contributed by atoms with E-state index in [1.54, 1.807) is 6.07 Å². The van der Waals surface area contributed by atoms with Crippen LogP contribution in [0.4, 0.5) is 4.39 Å². The first-order chi connectivity index (χ1) is 10.2. The minimum Gasteiger partial charge on any atom is -0.459 e. The lowest BCUT2D eigenvalue weighted by Gasteiger charge is -2.04. The van der Waals surface area contributed by atoms with E-state index in [2.05, 4.69) is 0 Å². The molecule has 0 spiro atoms. The van der Waals surface area contributed by atoms with Crippen molar-refractivity contribution in [2.75, 3.05) is 0 Å². The smallest absolute Gasteiger partial charge is 0.134 e. The van der Waals surface area contributed by atoms with E-state index in [1.165, 1.54) is 23.5 Å². The number of halogens is 1. The molecular weight excluding hydrogens is 285 g/mol. The number of hydrogen-bond acceptors (Lipinski definition) is 3. The zero-order valence-corrected chi connectivity index (χ0v) is 11.9. The second-order valence-corrected chi connectivity index (χ2v) is 6.11. The Morgan fingerprint density at radius 1 is 1.00 bits per heavy atom. The van der Waals surface area contributed by atoms with Crippen LogP contribution in [0.25, 0.3) is 21.1 Å². The first kappa shape index (κ1) is 12.6. The van der Waals surface area contributed by atoms with Gasteiger partial charge in [0.1, 0.15) is 17.2 Å². The van der Waals surface area contributed by atoms with E-state index >= 15 is 0 Å². The molecule has 104 valence electrons. The van der Waals surface area contributed by atoms with E-state index in [-0.39, 0.29) is 11.9 Å². The van der Waals surface area contributed by atoms with E-state index < -0.39 is 0 Å². The first-order valence-electron chi connectivity index (χ1n) is 6.64. The summed E-state index contributed by atoms with van der Waals surface area (Å²) in [4.78, 5) is 0.967. The van der Waals surface area contributed by atoms with E-state index in [9.17, 15) is 4.39 Å². The van der Waals surface area contributed by atoms with Crippen LogP contribution in [0.1, 0.15) is 16.7 Å². The third kappa shape index (κ3) is 2.13. The number of para-hydroxylation sites is 1. The molecule has 0 saturated carbocycles. The highest BCUT2D eigenvalue weighted by molar-refractivity contribution is 7.19. The molecule has 0 aliphatic rings. The molecule has 4 heteroatoms. The Balaban J connectivity index is 1.79. The van der Waals surface area contributed by atoms with Gasteiger partial charge in [-0.1, -0.05) is 24.3 Å². The maximum Gasteiger partial charge on any atom is 0.134 e. The standard InChI is InChI=1S/C17H12FNOS/c18-12-6-5-11-8-16(21-15(11)9-12)17(19)14-7-10-3-1-2-4-13(10)20-14/h1-9,17H,19H2. The second kappa shape index (κ2) is 4.69. The van der Waals surface area contributed by atoms with Gasteiger partial charge >= 0.3 is 0 Å². The van der Waals surface area contributed by atoms with Crippen molar-refractivity contribution in [3.63, 3.8) is 0 Å². The van der Waals surface area contributed by atoms with Crippen molar-refractivity contribution in [1.82, 2.24) is 0 Å². The van der Waals surface area contributed by atoms with Crippen LogP contribution in [0, 0.1) is 5.82 Å². The van der Waals surface area contributed by atoms with E-state index in [1.807, 2.05) is 36.4 Å². The third-order valence-corrected chi connectivity index (χ3v) is 4.74. The third-order valence-electron chi connectivity index (χ3n) is 3.56. The van der Waals surface area contributed by atoms with Crippen molar-refractivity contribution < 1.29 is 8.81 Å². The van der Waals surface area contributed by atoms with Crippen LogP contribution in [0.2, 0.25) is 0 Å². The molecule has 0 aliphatic carbocycles. The molecule has 2 heterocycles. The lowest BCUT2D eigenvalue weighted by Crippen LogP contribution is -2.08. The number of hydrogen-bond donors (Lipinski definition) is 1. The van der Waals surface area contributed by atoms with Crippen LogP contribution in [0.15, 0.2) is 59.0 Å². The summed E-state index contributed by atoms with van der Waals surface area (Å²) < 4.78 is 20.0. The highest BCUT2D eigenvalue weighted by Crippen LogP contribution is 2.34. The summed E-state index contributed by atoms with van der Waals surface area (Å²) in [6.07, 6.45) is 0. The molecule has 1 atom stereocenters. The molecule has 4 aromatic rings. The summed E-state index contributed by atoms with van der Waals surface area (Å²) in [7, 11) is 0. The fourth-order valence-electron chi connectivity index (χ4n) is 2.47. The fraction of sp³-hybridized carbons (Fsp3) is 0.0588. The van der Waals surface area contributed by atoms with Crippen molar-refractivity contribution >= 4 is 32.4 Å². The molecule has 1 unspecified atom stereocenters. The van der Waals surface area contributed by atoms with Gasteiger partial charge in [-0.3, -0.25) is 0 Å². The summed E-state index contributed by atoms with van der Waals surface area (Å²) in [6.45, 7) is 0. The first-order valence-corrected chi connectivity index (χ1v) is 7.45. The van der Waals surface area contributed by atoms with Crippen LogP contribution >= 0.6 is 11.3 Å². The quantitative estimate of drug-likeness (QED) is 0.575. The zero-order chi connectivity index (χ0) is 14.4. The molecule has 2 nitrogen and oxygen atoms in total. The number of fused-ring (bicyclic) bond motifs is 2. The van der Waals surface area contributed by atoms with Crippen LogP contribution in [0.3, 0.4) is 0 Å². The van der Waals surface area contributed by atoms with Gasteiger partial charge in [0.25, 0.3) is 0 Å². The second-order valence-electron chi connectivity index (χ2n) is 5.00. The van der Waals surface area contributed by atoms with Crippen LogP contribution in [0.5, 0.6) is 0 Å². The Kier molecular flexibility index (Phi) is 2.80. The lowest BCUT2D eigenvalue weighted by atomic mass is 10.1. The molecule has 2 aromatic carbocycles. The molecular formula is C17H12FNOS. The molecule has 21 heavy (non-hydrogen) atoms. The molecule has 2 N–H and O–H groups in total. The van der Waals surface area contributed by atoms with Gasteiger partial charge in [0.2, 0.25) is 0 Å². The van der Waals surface area contributed by atoms with Gasteiger partial charge in [-0.15, -0.1) is 11.3 Å². The van der Waals surface area contributed by atoms with Crippen LogP contribution in [-0.2, 0) is 0 Å². The largest absolute Gasteiger partial charge is 0.459 e. The van der Waals surface area contributed by atoms with Gasteiger partial charge in [-0.05, 0) is 35.7 Å². The lowest BCUT2D eigenvalue weighted by molar-refractivity contribution is 0.528. The highest BCUT2D eigenvalue weighted by Gasteiger charge is 2.17. The predicted octanol–water partition coefficient (Wildman–Crippen LogP) is 4.83. The monoisotopic (exact) mass is 297 g/mol. The van der Waals surface area contributed by atoms with Crippen LogP contribution in [-0.4, -0.2) is 0 Å². The number of rotatable bonds is 2. The Morgan fingerprint density at radius 2 is 1.86 bits per heavy atom. The Labute approximate surface area is 124 Å². The average molecular weight is 297 g/mol. The van der Waals surface area contributed by atoms with Crippen molar-refractivity contribution in [1.29, 1.82) is 0 Å². The normalized spacial score (nSPS) is 13.0. The number of nitrogens with two attached hydrogens (primary N) is 1. The fourth-order valence-corrected chi connectivity index (χ4v) is 3.57. The SMILES string of the molecule is NC(c1cc2ccccc2o1)c1cc2ccc(F)cc2s1. The maximum atomic E-state index is 13.3. The molecule has 0 aliphatic heterocycles. The molecule has 0 amide bonds. The zero-order valence-electron chi connectivity index (χ0n) is 11.0. The van der Waals surface area contributed by atoms with Crippen molar-refractivity contribution in [3.05, 3.63) is 71.1 Å². The van der Waals surface area contributed by atoms with Gasteiger partial charge in [-0.25, -0.2) is 4.39 Å². The van der Waals surface area contributed by atoms with E-state index in [0.717, 1.165) is 31.7 Å². The maximum absolute atomic E-state index is 13.3. The van der Waals surface area contributed by atoms with Crippen LogP contribution < -0.4 is 5.73 Å². The highest BCUT2D eigenvalue weighted by atomic mass is 32.1. The summed E-state index contributed by atoms with van der Waals surface area (Å²) >= 11 is 1.50. The minimum atomic E-state index is -0.335. The summed E-state index contributed by atoms with van der Waals surface area (Å²) in [5.74, 6) is 0.497. The average Bonchev–Trinajstić information content (AvgIpc) is 3.09. The minimum absolute atomic E-state index is 0.229. The predicted molar refractivity (Wildman–Crippen MR) is 84.0 cm³/mol. The number of thiophene rings is 1. The topological polar surface area (TPSA) is 39.2 Å². The van der Waals surface area contributed by atoms with E-state index in [4.69, 9.17) is 10.2 Å². The van der Waals surface area contributed by atoms with Crippen molar-refractivity contribution in [2.24, 2.45) is 5.73 Å². The molecule has 2 aromatic heterocycles. The van der Waals surface area contributed by atoms with Gasteiger partial charge in [0, 0.05) is 15.0 Å². The Bertz CT molecular complexity index is 907. The Hall–Kier alpha value is -2.17. The van der Waals surface area contributed by atoms with E-state index in [0.29, 0.717) is 0 Å². The molecule has 0 saturated heterocycles.